The Kier molecular flexibility index (Phi) is 53.1. The van der Waals surface area contributed by atoms with Crippen LogP contribution in [0.2, 0.25) is 0 Å². The third-order valence-electron chi connectivity index (χ3n) is 15.3. The Morgan fingerprint density at radius 1 is 0.447 bits per heavy atom. The van der Waals surface area contributed by atoms with Crippen LogP contribution in [-0.4, -0.2) is 87.5 Å². The number of nitrogens with one attached hydrogen (secondary N) is 1. The summed E-state index contributed by atoms with van der Waals surface area (Å²) >= 11 is 0. The minimum Gasteiger partial charge on any atom is -0.394 e. The minimum absolute atomic E-state index is 0.190. The molecule has 0 aromatic rings. The molecule has 7 atom stereocenters. The molecular formula is C67H123NO8. The maximum absolute atomic E-state index is 13.1. The maximum atomic E-state index is 13.1. The number of allylic oxidation sites excluding steroid dienone is 9. The average molecular weight is 1070 g/mol. The van der Waals surface area contributed by atoms with Gasteiger partial charge in [-0.1, -0.05) is 280 Å². The summed E-state index contributed by atoms with van der Waals surface area (Å²) in [6.45, 7) is 3.75. The summed E-state index contributed by atoms with van der Waals surface area (Å²) < 4.78 is 11.2. The monoisotopic (exact) mass is 1070 g/mol. The zero-order chi connectivity index (χ0) is 55.0. The van der Waals surface area contributed by atoms with E-state index in [1.807, 2.05) is 6.08 Å². The molecule has 444 valence electrons. The van der Waals surface area contributed by atoms with E-state index in [0.29, 0.717) is 6.42 Å². The summed E-state index contributed by atoms with van der Waals surface area (Å²) in [5.41, 5.74) is 0. The molecule has 0 radical (unpaired) electrons. The Balaban J connectivity index is 2.06. The van der Waals surface area contributed by atoms with Crippen LogP contribution in [0.4, 0.5) is 0 Å². The van der Waals surface area contributed by atoms with Crippen LogP contribution in [0.25, 0.3) is 0 Å². The predicted octanol–water partition coefficient (Wildman–Crippen LogP) is 17.0. The lowest BCUT2D eigenvalue weighted by Gasteiger charge is -2.40. The average Bonchev–Trinajstić information content (AvgIpc) is 3.42. The van der Waals surface area contributed by atoms with Crippen LogP contribution >= 0.6 is 0 Å². The highest BCUT2D eigenvalue weighted by molar-refractivity contribution is 5.76. The predicted molar refractivity (Wildman–Crippen MR) is 322 cm³/mol. The van der Waals surface area contributed by atoms with E-state index in [-0.39, 0.29) is 12.5 Å². The quantitative estimate of drug-likeness (QED) is 0.0261. The van der Waals surface area contributed by atoms with Crippen molar-refractivity contribution in [1.29, 1.82) is 0 Å². The van der Waals surface area contributed by atoms with Gasteiger partial charge in [0.2, 0.25) is 5.91 Å². The number of ether oxygens (including phenoxy) is 2. The number of carbonyl (C=O) groups is 1. The fourth-order valence-electron chi connectivity index (χ4n) is 10.2. The Morgan fingerprint density at radius 3 is 1.20 bits per heavy atom. The van der Waals surface area contributed by atoms with Crippen LogP contribution in [0.5, 0.6) is 0 Å². The van der Waals surface area contributed by atoms with Crippen molar-refractivity contribution in [3.05, 3.63) is 60.8 Å². The summed E-state index contributed by atoms with van der Waals surface area (Å²) in [7, 11) is 0. The molecule has 1 amide bonds. The fraction of sp³-hybridized carbons (Fsp3) is 0.836. The molecule has 9 nitrogen and oxygen atoms in total. The molecule has 6 N–H and O–H groups in total. The molecule has 9 heteroatoms. The molecule has 1 heterocycles. The molecule has 7 unspecified atom stereocenters. The van der Waals surface area contributed by atoms with Gasteiger partial charge >= 0.3 is 0 Å². The first kappa shape index (κ1) is 71.9. The van der Waals surface area contributed by atoms with Crippen molar-refractivity contribution in [2.45, 2.75) is 346 Å². The highest BCUT2D eigenvalue weighted by Crippen LogP contribution is 2.23. The molecule has 1 saturated heterocycles. The van der Waals surface area contributed by atoms with Gasteiger partial charge in [-0.2, -0.15) is 0 Å². The zero-order valence-corrected chi connectivity index (χ0v) is 49.5. The van der Waals surface area contributed by atoms with E-state index < -0.39 is 49.5 Å². The van der Waals surface area contributed by atoms with E-state index in [2.05, 4.69) is 67.8 Å². The van der Waals surface area contributed by atoms with E-state index >= 15 is 0 Å². The SMILES string of the molecule is CCCCCC/C=C/CC/C=C/CC/C=C/C(O)C(COC1OC(CO)C(O)C(O)C1O)NC(=O)CCCCCCCCCCCCCCCCCCC/C=C\C/C=C\CCCCCCCCCCCCCCCCC. The molecule has 1 aliphatic rings. The summed E-state index contributed by atoms with van der Waals surface area (Å²) in [6, 6.07) is -0.829. The van der Waals surface area contributed by atoms with Gasteiger partial charge in [0.15, 0.2) is 6.29 Å². The minimum atomic E-state index is -1.58. The molecule has 0 aliphatic carbocycles. The molecule has 0 saturated carbocycles. The van der Waals surface area contributed by atoms with Gasteiger partial charge in [-0.05, 0) is 77.0 Å². The van der Waals surface area contributed by atoms with Crippen LogP contribution in [0.15, 0.2) is 60.8 Å². The second-order valence-corrected chi connectivity index (χ2v) is 22.5. The number of aliphatic hydroxyl groups is 5. The van der Waals surface area contributed by atoms with Crippen molar-refractivity contribution in [3.63, 3.8) is 0 Å². The van der Waals surface area contributed by atoms with Crippen LogP contribution < -0.4 is 5.32 Å². The summed E-state index contributed by atoms with van der Waals surface area (Å²) in [5, 5.41) is 54.4. The van der Waals surface area contributed by atoms with Crippen LogP contribution in [0.1, 0.15) is 303 Å². The van der Waals surface area contributed by atoms with Gasteiger partial charge < -0.3 is 40.3 Å². The normalized spacial score (nSPS) is 19.2. The van der Waals surface area contributed by atoms with Gasteiger partial charge in [0.1, 0.15) is 24.4 Å². The van der Waals surface area contributed by atoms with E-state index in [1.54, 1.807) is 6.08 Å². The Morgan fingerprint density at radius 2 is 0.789 bits per heavy atom. The lowest BCUT2D eigenvalue weighted by Crippen LogP contribution is -2.60. The van der Waals surface area contributed by atoms with Crippen molar-refractivity contribution in [2.24, 2.45) is 0 Å². The van der Waals surface area contributed by atoms with Crippen molar-refractivity contribution in [2.75, 3.05) is 13.2 Å². The summed E-state index contributed by atoms with van der Waals surface area (Å²) in [6.07, 6.45) is 70.5. The molecule has 76 heavy (non-hydrogen) atoms. The summed E-state index contributed by atoms with van der Waals surface area (Å²) in [5.74, 6) is -0.190. The van der Waals surface area contributed by atoms with Crippen LogP contribution in [0.3, 0.4) is 0 Å². The van der Waals surface area contributed by atoms with Gasteiger partial charge in [0, 0.05) is 6.42 Å². The molecule has 0 bridgehead atoms. The van der Waals surface area contributed by atoms with E-state index in [1.165, 1.54) is 225 Å². The van der Waals surface area contributed by atoms with Crippen molar-refractivity contribution >= 4 is 5.91 Å². The molecule has 1 rings (SSSR count). The van der Waals surface area contributed by atoms with Crippen molar-refractivity contribution < 1.29 is 39.8 Å². The van der Waals surface area contributed by atoms with Gasteiger partial charge in [0.05, 0.1) is 25.4 Å². The Bertz CT molecular complexity index is 1380. The molecule has 1 fully saturated rings. The van der Waals surface area contributed by atoms with Gasteiger partial charge in [0.25, 0.3) is 0 Å². The topological polar surface area (TPSA) is 149 Å². The first-order valence-corrected chi connectivity index (χ1v) is 32.5. The zero-order valence-electron chi connectivity index (χ0n) is 49.5. The number of aliphatic hydroxyl groups excluding tert-OH is 5. The molecular weight excluding hydrogens is 947 g/mol. The lowest BCUT2D eigenvalue weighted by atomic mass is 9.99. The number of hydrogen-bond acceptors (Lipinski definition) is 8. The summed E-state index contributed by atoms with van der Waals surface area (Å²) in [4.78, 5) is 13.1. The molecule has 0 spiro atoms. The second-order valence-electron chi connectivity index (χ2n) is 22.5. The van der Waals surface area contributed by atoms with Crippen molar-refractivity contribution in [3.8, 4) is 0 Å². The van der Waals surface area contributed by atoms with E-state index in [4.69, 9.17) is 9.47 Å². The second kappa shape index (κ2) is 56.2. The largest absolute Gasteiger partial charge is 0.394 e. The van der Waals surface area contributed by atoms with E-state index in [9.17, 15) is 30.3 Å². The number of rotatable bonds is 56. The van der Waals surface area contributed by atoms with Gasteiger partial charge in [-0.3, -0.25) is 4.79 Å². The molecule has 1 aliphatic heterocycles. The molecule has 0 aromatic heterocycles. The fourth-order valence-corrected chi connectivity index (χ4v) is 10.2. The number of carbonyl (C=O) groups excluding carboxylic acids is 1. The highest BCUT2D eigenvalue weighted by Gasteiger charge is 2.44. The highest BCUT2D eigenvalue weighted by atomic mass is 16.7. The van der Waals surface area contributed by atoms with Gasteiger partial charge in [-0.15, -0.1) is 0 Å². The standard InChI is InChI=1S/C67H123NO8/c1-3-5-7-9-11-13-15-17-19-20-21-22-23-24-25-26-27-28-29-30-31-32-33-34-35-36-37-38-39-40-41-42-43-45-47-49-51-53-55-57-63(71)68-60(59-75-67-66(74)65(73)64(72)62(58-69)76-67)61(70)56-54-52-50-48-46-44-18-16-14-12-10-8-6-4-2/h14,16,27-28,30-31,46,48,54,56,60-62,64-67,69-70,72-74H,3-13,15,17-26,29,32-45,47,49-53,55,57-59H2,1-2H3,(H,68,71)/b16-14+,28-27-,31-30-,48-46+,56-54+. The maximum Gasteiger partial charge on any atom is 0.220 e. The number of hydrogen-bond donors (Lipinski definition) is 6. The Labute approximate surface area is 468 Å². The lowest BCUT2D eigenvalue weighted by molar-refractivity contribution is -0.302. The molecule has 0 aromatic carbocycles. The van der Waals surface area contributed by atoms with E-state index in [0.717, 1.165) is 57.8 Å². The number of amides is 1. The third-order valence-corrected chi connectivity index (χ3v) is 15.3. The first-order chi connectivity index (χ1) is 37.3. The Hall–Kier alpha value is -2.11. The van der Waals surface area contributed by atoms with Crippen LogP contribution in [-0.2, 0) is 14.3 Å². The first-order valence-electron chi connectivity index (χ1n) is 32.5. The van der Waals surface area contributed by atoms with Crippen molar-refractivity contribution in [1.82, 2.24) is 5.32 Å². The van der Waals surface area contributed by atoms with Crippen LogP contribution in [0, 0.1) is 0 Å². The third kappa shape index (κ3) is 44.7. The smallest absolute Gasteiger partial charge is 0.220 e. The number of unbranched alkanes of at least 4 members (excludes halogenated alkanes) is 38. The van der Waals surface area contributed by atoms with Gasteiger partial charge in [-0.25, -0.2) is 0 Å².